The molecule has 7 nitrogen and oxygen atoms in total. The molecule has 1 aromatic heterocycles. The third-order valence-corrected chi connectivity index (χ3v) is 7.26. The Morgan fingerprint density at radius 1 is 0.907 bits per heavy atom. The number of fused-ring (bicyclic) bond motifs is 1. The minimum Gasteiger partial charge on any atom is -0.494 e. The van der Waals surface area contributed by atoms with Crippen molar-refractivity contribution in [2.45, 2.75) is 47.1 Å². The molecule has 0 unspecified atom stereocenters. The lowest BCUT2D eigenvalue weighted by atomic mass is 9.96. The molecule has 5 rings (SSSR count). The van der Waals surface area contributed by atoms with E-state index < -0.39 is 0 Å². The van der Waals surface area contributed by atoms with Crippen molar-refractivity contribution in [3.05, 3.63) is 117 Å². The van der Waals surface area contributed by atoms with Crippen LogP contribution in [-0.2, 0) is 6.61 Å². The molecule has 0 saturated carbocycles. The first-order chi connectivity index (χ1) is 20.8. The molecule has 1 heterocycles. The van der Waals surface area contributed by atoms with Crippen LogP contribution in [0.25, 0.3) is 22.3 Å². The van der Waals surface area contributed by atoms with E-state index in [1.54, 1.807) is 19.4 Å². The summed E-state index contributed by atoms with van der Waals surface area (Å²) in [6, 6.07) is 25.2. The second kappa shape index (κ2) is 12.9. The van der Waals surface area contributed by atoms with Gasteiger partial charge in [-0.2, -0.15) is 9.78 Å². The zero-order valence-corrected chi connectivity index (χ0v) is 25.5. The molecule has 0 aliphatic heterocycles. The van der Waals surface area contributed by atoms with E-state index in [2.05, 4.69) is 44.1 Å². The summed E-state index contributed by atoms with van der Waals surface area (Å²) in [6.07, 6.45) is 1.64. The van der Waals surface area contributed by atoms with E-state index in [0.29, 0.717) is 41.4 Å². The number of hydrogen-bond donors (Lipinski definition) is 0. The number of rotatable bonds is 10. The number of aryl methyl sites for hydroxylation is 2. The van der Waals surface area contributed by atoms with Gasteiger partial charge >= 0.3 is 0 Å². The maximum absolute atomic E-state index is 13.8. The Hall–Kier alpha value is -4.91. The van der Waals surface area contributed by atoms with Gasteiger partial charge in [0, 0.05) is 5.56 Å². The fraction of sp³-hybridized carbons (Fsp3) is 0.250. The molecule has 0 N–H and O–H groups in total. The second-order valence-corrected chi connectivity index (χ2v) is 10.8. The summed E-state index contributed by atoms with van der Waals surface area (Å²) in [6.45, 7) is 11.3. The van der Waals surface area contributed by atoms with Crippen LogP contribution in [0.1, 0.15) is 54.5 Å². The molecule has 7 heteroatoms. The van der Waals surface area contributed by atoms with Gasteiger partial charge in [0.2, 0.25) is 0 Å². The fourth-order valence-electron chi connectivity index (χ4n) is 5.05. The van der Waals surface area contributed by atoms with Crippen LogP contribution in [0.5, 0.6) is 17.2 Å². The second-order valence-electron chi connectivity index (χ2n) is 10.8. The smallest absolute Gasteiger partial charge is 0.282 e. The number of ether oxygens (including phenoxy) is 3. The lowest BCUT2D eigenvalue weighted by Gasteiger charge is -2.18. The van der Waals surface area contributed by atoms with E-state index in [4.69, 9.17) is 19.2 Å². The molecule has 0 bridgehead atoms. The lowest BCUT2D eigenvalue weighted by Crippen LogP contribution is -2.21. The van der Waals surface area contributed by atoms with E-state index in [1.807, 2.05) is 68.4 Å². The first kappa shape index (κ1) is 29.6. The standard InChI is InChI=1S/C36H37N3O4/c1-7-42-33-18-25(5)30(20-29(33)23(2)3)35-38-31-14-9-8-13-28(31)36(40)39(35)37-21-26-15-16-32(34(19-26)41-6)43-22-27-12-10-11-24(4)17-27/h8-21,23H,7,22H2,1-6H3. The zero-order chi connectivity index (χ0) is 30.5. The van der Waals surface area contributed by atoms with Crippen LogP contribution in [0.15, 0.2) is 88.8 Å². The van der Waals surface area contributed by atoms with Crippen LogP contribution in [0, 0.1) is 13.8 Å². The van der Waals surface area contributed by atoms with E-state index in [0.717, 1.165) is 33.6 Å². The van der Waals surface area contributed by atoms with Gasteiger partial charge in [0.1, 0.15) is 12.4 Å². The molecule has 0 atom stereocenters. The zero-order valence-electron chi connectivity index (χ0n) is 25.5. The quantitative estimate of drug-likeness (QED) is 0.160. The van der Waals surface area contributed by atoms with Gasteiger partial charge in [-0.15, -0.1) is 0 Å². The highest BCUT2D eigenvalue weighted by Crippen LogP contribution is 2.34. The van der Waals surface area contributed by atoms with Crippen molar-refractivity contribution in [2.24, 2.45) is 5.10 Å². The molecule has 220 valence electrons. The maximum Gasteiger partial charge on any atom is 0.282 e. The molecule has 0 aliphatic carbocycles. The van der Waals surface area contributed by atoms with Crippen molar-refractivity contribution in [1.29, 1.82) is 0 Å². The van der Waals surface area contributed by atoms with Crippen molar-refractivity contribution in [3.63, 3.8) is 0 Å². The van der Waals surface area contributed by atoms with Crippen LogP contribution in [-0.4, -0.2) is 29.6 Å². The predicted octanol–water partition coefficient (Wildman–Crippen LogP) is 7.67. The topological polar surface area (TPSA) is 74.9 Å². The summed E-state index contributed by atoms with van der Waals surface area (Å²) < 4.78 is 19.0. The Balaban J connectivity index is 1.56. The normalized spacial score (nSPS) is 11.4. The average molecular weight is 576 g/mol. The first-order valence-corrected chi connectivity index (χ1v) is 14.5. The molecule has 4 aromatic carbocycles. The van der Waals surface area contributed by atoms with E-state index >= 15 is 0 Å². The largest absolute Gasteiger partial charge is 0.494 e. The van der Waals surface area contributed by atoms with Crippen molar-refractivity contribution < 1.29 is 14.2 Å². The number of methoxy groups -OCH3 is 1. The van der Waals surface area contributed by atoms with Crippen LogP contribution in [0.2, 0.25) is 0 Å². The molecule has 43 heavy (non-hydrogen) atoms. The number of nitrogens with zero attached hydrogens (tertiary/aromatic N) is 3. The van der Waals surface area contributed by atoms with Gasteiger partial charge in [0.05, 0.1) is 30.8 Å². The van der Waals surface area contributed by atoms with Crippen molar-refractivity contribution in [2.75, 3.05) is 13.7 Å². The fourth-order valence-corrected chi connectivity index (χ4v) is 5.05. The summed E-state index contributed by atoms with van der Waals surface area (Å²) >= 11 is 0. The molecule has 0 spiro atoms. The van der Waals surface area contributed by atoms with Crippen molar-refractivity contribution >= 4 is 17.1 Å². The Morgan fingerprint density at radius 2 is 1.72 bits per heavy atom. The third kappa shape index (κ3) is 6.46. The van der Waals surface area contributed by atoms with E-state index in [-0.39, 0.29) is 11.5 Å². The van der Waals surface area contributed by atoms with Gasteiger partial charge in [0.15, 0.2) is 17.3 Å². The number of para-hydroxylation sites is 1. The number of benzene rings is 4. The van der Waals surface area contributed by atoms with Crippen LogP contribution >= 0.6 is 0 Å². The van der Waals surface area contributed by atoms with Crippen LogP contribution < -0.4 is 19.8 Å². The third-order valence-electron chi connectivity index (χ3n) is 7.26. The van der Waals surface area contributed by atoms with Gasteiger partial charge < -0.3 is 14.2 Å². The molecule has 0 saturated heterocycles. The molecule has 0 amide bonds. The molecular formula is C36H37N3O4. The van der Waals surface area contributed by atoms with Gasteiger partial charge in [-0.3, -0.25) is 4.79 Å². The SMILES string of the molecule is CCOc1cc(C)c(-c2nc3ccccc3c(=O)n2N=Cc2ccc(OCc3cccc(C)c3)c(OC)c2)cc1C(C)C. The van der Waals surface area contributed by atoms with Gasteiger partial charge in [-0.25, -0.2) is 4.98 Å². The molecule has 5 aromatic rings. The van der Waals surface area contributed by atoms with Gasteiger partial charge in [-0.05, 0) is 91.4 Å². The summed E-state index contributed by atoms with van der Waals surface area (Å²) in [4.78, 5) is 18.7. The lowest BCUT2D eigenvalue weighted by molar-refractivity contribution is 0.284. The average Bonchev–Trinajstić information content (AvgIpc) is 3.00. The van der Waals surface area contributed by atoms with Crippen LogP contribution in [0.3, 0.4) is 0 Å². The summed E-state index contributed by atoms with van der Waals surface area (Å²) in [5, 5.41) is 5.17. The molecular weight excluding hydrogens is 538 g/mol. The van der Waals surface area contributed by atoms with Crippen molar-refractivity contribution in [3.8, 4) is 28.6 Å². The number of hydrogen-bond acceptors (Lipinski definition) is 6. The molecule has 0 radical (unpaired) electrons. The first-order valence-electron chi connectivity index (χ1n) is 14.5. The summed E-state index contributed by atoms with van der Waals surface area (Å²) in [5.41, 5.74) is 6.18. The highest BCUT2D eigenvalue weighted by atomic mass is 16.5. The maximum atomic E-state index is 13.8. The molecule has 0 aliphatic rings. The van der Waals surface area contributed by atoms with Crippen LogP contribution in [0.4, 0.5) is 0 Å². The minimum absolute atomic E-state index is 0.212. The predicted molar refractivity (Wildman–Crippen MR) is 173 cm³/mol. The highest BCUT2D eigenvalue weighted by Gasteiger charge is 2.18. The minimum atomic E-state index is -0.249. The summed E-state index contributed by atoms with van der Waals surface area (Å²) in [5.74, 6) is 2.72. The Bertz CT molecular complexity index is 1860. The summed E-state index contributed by atoms with van der Waals surface area (Å²) in [7, 11) is 1.60. The monoisotopic (exact) mass is 575 g/mol. The highest BCUT2D eigenvalue weighted by molar-refractivity contribution is 5.83. The Labute approximate surface area is 252 Å². The van der Waals surface area contributed by atoms with E-state index in [1.165, 1.54) is 10.2 Å². The molecule has 0 fully saturated rings. The van der Waals surface area contributed by atoms with E-state index in [9.17, 15) is 4.79 Å². The van der Waals surface area contributed by atoms with Gasteiger partial charge in [-0.1, -0.05) is 55.8 Å². The Morgan fingerprint density at radius 3 is 2.47 bits per heavy atom. The Kier molecular flexibility index (Phi) is 8.90. The number of aromatic nitrogens is 2. The van der Waals surface area contributed by atoms with Gasteiger partial charge in [0.25, 0.3) is 5.56 Å². The van der Waals surface area contributed by atoms with Crippen molar-refractivity contribution in [1.82, 2.24) is 9.66 Å².